The van der Waals surface area contributed by atoms with E-state index < -0.39 is 10.0 Å². The number of rotatable bonds is 7. The summed E-state index contributed by atoms with van der Waals surface area (Å²) in [5, 5.41) is 5.65. The minimum Gasteiger partial charge on any atom is -0.346 e. The maximum atomic E-state index is 12.7. The van der Waals surface area contributed by atoms with Gasteiger partial charge in [0.2, 0.25) is 10.0 Å². The van der Waals surface area contributed by atoms with Crippen LogP contribution in [0.4, 0.5) is 0 Å². The average Bonchev–Trinajstić information content (AvgIpc) is 3.39. The van der Waals surface area contributed by atoms with E-state index in [0.717, 1.165) is 34.7 Å². The van der Waals surface area contributed by atoms with Gasteiger partial charge in [-0.05, 0) is 37.5 Å². The maximum Gasteiger partial charge on any atom is 0.251 e. The van der Waals surface area contributed by atoms with Gasteiger partial charge in [-0.3, -0.25) is 4.79 Å². The van der Waals surface area contributed by atoms with Gasteiger partial charge in [-0.15, -0.1) is 11.3 Å². The zero-order valence-corrected chi connectivity index (χ0v) is 17.5. The zero-order chi connectivity index (χ0) is 20.4. The molecule has 4 rings (SSSR count). The molecule has 0 atom stereocenters. The molecule has 1 fully saturated rings. The molecule has 1 heterocycles. The van der Waals surface area contributed by atoms with E-state index in [9.17, 15) is 13.2 Å². The van der Waals surface area contributed by atoms with Gasteiger partial charge in [0.25, 0.3) is 5.91 Å². The Balaban J connectivity index is 1.46. The predicted octanol–water partition coefficient (Wildman–Crippen LogP) is 3.49. The van der Waals surface area contributed by atoms with Gasteiger partial charge < -0.3 is 5.32 Å². The quantitative estimate of drug-likeness (QED) is 0.604. The van der Waals surface area contributed by atoms with Crippen LogP contribution in [-0.4, -0.2) is 25.4 Å². The van der Waals surface area contributed by atoms with Crippen molar-refractivity contribution in [2.45, 2.75) is 37.2 Å². The van der Waals surface area contributed by atoms with Crippen LogP contribution in [0.3, 0.4) is 0 Å². The van der Waals surface area contributed by atoms with Crippen molar-refractivity contribution in [2.24, 2.45) is 0 Å². The van der Waals surface area contributed by atoms with Crippen molar-refractivity contribution in [3.63, 3.8) is 0 Å². The molecule has 6 nitrogen and oxygen atoms in total. The van der Waals surface area contributed by atoms with E-state index >= 15 is 0 Å². The third kappa shape index (κ3) is 4.72. The van der Waals surface area contributed by atoms with Crippen molar-refractivity contribution >= 4 is 27.3 Å². The van der Waals surface area contributed by atoms with Crippen molar-refractivity contribution in [1.82, 2.24) is 15.0 Å². The molecule has 0 aliphatic heterocycles. The van der Waals surface area contributed by atoms with Gasteiger partial charge >= 0.3 is 0 Å². The SMILES string of the molecule is Cc1ccc(S(=O)(=O)NC2CC2)cc1C(=O)NCc1csc(-c2ccccc2)n1. The minimum absolute atomic E-state index is 0.0158. The molecular formula is C21H21N3O3S2. The van der Waals surface area contributed by atoms with Gasteiger partial charge in [-0.2, -0.15) is 0 Å². The molecule has 3 aromatic rings. The Morgan fingerprint density at radius 1 is 1.17 bits per heavy atom. The minimum atomic E-state index is -3.60. The van der Waals surface area contributed by atoms with Crippen LogP contribution < -0.4 is 10.0 Å². The van der Waals surface area contributed by atoms with Crippen molar-refractivity contribution in [3.8, 4) is 10.6 Å². The van der Waals surface area contributed by atoms with Crippen LogP contribution in [0.2, 0.25) is 0 Å². The number of benzene rings is 2. The van der Waals surface area contributed by atoms with Gasteiger partial charge in [-0.25, -0.2) is 18.1 Å². The highest BCUT2D eigenvalue weighted by atomic mass is 32.2. The Morgan fingerprint density at radius 2 is 1.93 bits per heavy atom. The van der Waals surface area contributed by atoms with Crippen molar-refractivity contribution in [2.75, 3.05) is 0 Å². The standard InChI is InChI=1S/C21H21N3O3S2/c1-14-7-10-18(29(26,27)24-16-8-9-16)11-19(14)20(25)22-12-17-13-28-21(23-17)15-5-3-2-4-6-15/h2-7,10-11,13,16,24H,8-9,12H2,1H3,(H,22,25). The van der Waals surface area contributed by atoms with E-state index in [-0.39, 0.29) is 23.4 Å². The lowest BCUT2D eigenvalue weighted by atomic mass is 10.1. The molecule has 1 saturated carbocycles. The Hall–Kier alpha value is -2.55. The summed E-state index contributed by atoms with van der Waals surface area (Å²) in [5.41, 5.74) is 2.87. The molecule has 1 aliphatic carbocycles. The summed E-state index contributed by atoms with van der Waals surface area (Å²) in [7, 11) is -3.60. The second-order valence-corrected chi connectivity index (χ2v) is 9.64. The highest BCUT2D eigenvalue weighted by Crippen LogP contribution is 2.24. The normalized spacial score (nSPS) is 14.0. The number of aryl methyl sites for hydroxylation is 1. The molecule has 1 aromatic heterocycles. The number of carbonyl (C=O) groups is 1. The average molecular weight is 428 g/mol. The van der Waals surface area contributed by atoms with Gasteiger partial charge in [0.15, 0.2) is 0 Å². The van der Waals surface area contributed by atoms with Crippen molar-refractivity contribution < 1.29 is 13.2 Å². The van der Waals surface area contributed by atoms with Gasteiger partial charge in [-0.1, -0.05) is 36.4 Å². The summed E-state index contributed by atoms with van der Waals surface area (Å²) >= 11 is 1.52. The largest absolute Gasteiger partial charge is 0.346 e. The first-order valence-corrected chi connectivity index (χ1v) is 11.7. The first kappa shape index (κ1) is 19.8. The van der Waals surface area contributed by atoms with Crippen LogP contribution in [0, 0.1) is 6.92 Å². The number of thiazole rings is 1. The first-order chi connectivity index (χ1) is 13.9. The summed E-state index contributed by atoms with van der Waals surface area (Å²) in [6, 6.07) is 14.5. The van der Waals surface area contributed by atoms with Gasteiger partial charge in [0, 0.05) is 22.5 Å². The molecule has 1 aliphatic rings. The molecular weight excluding hydrogens is 406 g/mol. The molecule has 0 radical (unpaired) electrons. The molecule has 8 heteroatoms. The molecule has 29 heavy (non-hydrogen) atoms. The van der Waals surface area contributed by atoms with E-state index in [1.807, 2.05) is 35.7 Å². The number of hydrogen-bond donors (Lipinski definition) is 2. The lowest BCUT2D eigenvalue weighted by Gasteiger charge is -2.10. The number of hydrogen-bond acceptors (Lipinski definition) is 5. The van der Waals surface area contributed by atoms with E-state index in [1.54, 1.807) is 13.0 Å². The third-order valence-corrected chi connectivity index (χ3v) is 7.12. The van der Waals surface area contributed by atoms with Gasteiger partial charge in [0.05, 0.1) is 17.1 Å². The fourth-order valence-corrected chi connectivity index (χ4v) is 5.03. The van der Waals surface area contributed by atoms with Crippen LogP contribution in [-0.2, 0) is 16.6 Å². The molecule has 2 aromatic carbocycles. The summed E-state index contributed by atoms with van der Waals surface area (Å²) in [5.74, 6) is -0.319. The monoisotopic (exact) mass is 427 g/mol. The molecule has 1 amide bonds. The van der Waals surface area contributed by atoms with Crippen LogP contribution in [0.1, 0.15) is 34.5 Å². The third-order valence-electron chi connectivity index (χ3n) is 4.67. The van der Waals surface area contributed by atoms with Crippen LogP contribution in [0.25, 0.3) is 10.6 Å². The van der Waals surface area contributed by atoms with Crippen LogP contribution >= 0.6 is 11.3 Å². The van der Waals surface area contributed by atoms with E-state index in [0.29, 0.717) is 5.56 Å². The number of nitrogens with one attached hydrogen (secondary N) is 2. The smallest absolute Gasteiger partial charge is 0.251 e. The lowest BCUT2D eigenvalue weighted by Crippen LogP contribution is -2.27. The highest BCUT2D eigenvalue weighted by molar-refractivity contribution is 7.89. The highest BCUT2D eigenvalue weighted by Gasteiger charge is 2.28. The summed E-state index contributed by atoms with van der Waals surface area (Å²) in [6.07, 6.45) is 1.72. The molecule has 0 unspecified atom stereocenters. The zero-order valence-electron chi connectivity index (χ0n) is 15.9. The fourth-order valence-electron chi connectivity index (χ4n) is 2.87. The summed E-state index contributed by atoms with van der Waals surface area (Å²) < 4.78 is 27.5. The van der Waals surface area contributed by atoms with Crippen molar-refractivity contribution in [1.29, 1.82) is 0 Å². The topological polar surface area (TPSA) is 88.2 Å². The molecule has 0 bridgehead atoms. The Kier molecular flexibility index (Phi) is 5.49. The number of nitrogens with zero attached hydrogens (tertiary/aromatic N) is 1. The molecule has 0 spiro atoms. The van der Waals surface area contributed by atoms with Gasteiger partial charge in [0.1, 0.15) is 5.01 Å². The first-order valence-electron chi connectivity index (χ1n) is 9.33. The van der Waals surface area contributed by atoms with E-state index in [2.05, 4.69) is 15.0 Å². The van der Waals surface area contributed by atoms with Crippen LogP contribution in [0.5, 0.6) is 0 Å². The molecule has 150 valence electrons. The Morgan fingerprint density at radius 3 is 2.66 bits per heavy atom. The second kappa shape index (κ2) is 8.06. The van der Waals surface area contributed by atoms with Crippen molar-refractivity contribution in [3.05, 3.63) is 70.7 Å². The van der Waals surface area contributed by atoms with Crippen LogP contribution in [0.15, 0.2) is 58.8 Å². The molecule has 2 N–H and O–H groups in total. The van der Waals surface area contributed by atoms with E-state index in [4.69, 9.17) is 0 Å². The second-order valence-electron chi connectivity index (χ2n) is 7.06. The van der Waals surface area contributed by atoms with E-state index in [1.165, 1.54) is 23.5 Å². The Labute approximate surface area is 174 Å². The number of amides is 1. The molecule has 0 saturated heterocycles. The summed E-state index contributed by atoms with van der Waals surface area (Å²) in [6.45, 7) is 2.06. The number of carbonyl (C=O) groups excluding carboxylic acids is 1. The Bertz CT molecular complexity index is 1140. The lowest BCUT2D eigenvalue weighted by molar-refractivity contribution is 0.0949. The summed E-state index contributed by atoms with van der Waals surface area (Å²) in [4.78, 5) is 17.4. The maximum absolute atomic E-state index is 12.7. The number of sulfonamides is 1. The number of aromatic nitrogens is 1. The fraction of sp³-hybridized carbons (Fsp3) is 0.238. The predicted molar refractivity (Wildman–Crippen MR) is 113 cm³/mol.